The van der Waals surface area contributed by atoms with Gasteiger partial charge < -0.3 is 19.1 Å². The van der Waals surface area contributed by atoms with E-state index in [1.54, 1.807) is 0 Å². The monoisotopic (exact) mass is 331 g/mol. The van der Waals surface area contributed by atoms with E-state index in [-0.39, 0.29) is 0 Å². The van der Waals surface area contributed by atoms with Crippen LogP contribution in [0.5, 0.6) is 17.2 Å². The van der Waals surface area contributed by atoms with Crippen LogP contribution in [0, 0.1) is 0 Å². The normalized spacial score (nSPS) is 18.8. The number of thiophene rings is 1. The zero-order valence-corrected chi connectivity index (χ0v) is 14.1. The molecule has 4 rings (SSSR count). The third kappa shape index (κ3) is 3.03. The molecule has 5 heteroatoms. The zero-order valence-electron chi connectivity index (χ0n) is 13.3. The predicted octanol–water partition coefficient (Wildman–Crippen LogP) is 3.52. The minimum atomic E-state index is 0.292. The number of rotatable bonds is 5. The lowest BCUT2D eigenvalue weighted by atomic mass is 9.92. The van der Waals surface area contributed by atoms with Crippen molar-refractivity contribution in [2.24, 2.45) is 0 Å². The maximum absolute atomic E-state index is 5.88. The lowest BCUT2D eigenvalue weighted by molar-refractivity contribution is 0.166. The van der Waals surface area contributed by atoms with Crippen molar-refractivity contribution in [2.75, 3.05) is 33.5 Å². The van der Waals surface area contributed by atoms with Gasteiger partial charge in [-0.15, -0.1) is 11.3 Å². The van der Waals surface area contributed by atoms with Gasteiger partial charge in [0.2, 0.25) is 12.5 Å². The molecule has 0 bridgehead atoms. The van der Waals surface area contributed by atoms with E-state index in [1.807, 2.05) is 17.4 Å². The Labute approximate surface area is 140 Å². The van der Waals surface area contributed by atoms with Gasteiger partial charge >= 0.3 is 0 Å². The maximum Gasteiger partial charge on any atom is 0.231 e. The van der Waals surface area contributed by atoms with Crippen LogP contribution >= 0.6 is 11.3 Å². The van der Waals surface area contributed by atoms with E-state index < -0.39 is 0 Å². The first-order valence-electron chi connectivity index (χ1n) is 8.07. The Morgan fingerprint density at radius 2 is 2.13 bits per heavy atom. The molecule has 1 atom stereocenters. The molecule has 0 spiro atoms. The molecule has 3 heterocycles. The number of hydrogen-bond donors (Lipinski definition) is 0. The van der Waals surface area contributed by atoms with E-state index in [0.717, 1.165) is 49.8 Å². The summed E-state index contributed by atoms with van der Waals surface area (Å²) >= 11 is 1.84. The molecule has 1 aromatic carbocycles. The van der Waals surface area contributed by atoms with Gasteiger partial charge in [-0.1, -0.05) is 12.1 Å². The zero-order chi connectivity index (χ0) is 15.6. The van der Waals surface area contributed by atoms with Crippen molar-refractivity contribution in [1.29, 1.82) is 0 Å². The Bertz CT molecular complexity index is 671. The van der Waals surface area contributed by atoms with Crippen LogP contribution in [0.4, 0.5) is 0 Å². The molecule has 4 nitrogen and oxygen atoms in total. The summed E-state index contributed by atoms with van der Waals surface area (Å²) in [4.78, 5) is 3.87. The van der Waals surface area contributed by atoms with Crippen molar-refractivity contribution >= 4 is 11.3 Å². The fourth-order valence-electron chi connectivity index (χ4n) is 3.30. The van der Waals surface area contributed by atoms with Crippen LogP contribution < -0.4 is 14.2 Å². The lowest BCUT2D eigenvalue weighted by Crippen LogP contribution is -2.29. The third-order valence-electron chi connectivity index (χ3n) is 4.53. The van der Waals surface area contributed by atoms with Gasteiger partial charge in [0.25, 0.3) is 0 Å². The standard InChI is InChI=1S/C18H21NO3S/c1-19(8-6-14-3-2-10-23-14)11-13-7-9-20-17-15(13)4-5-16-18(17)22-12-21-16/h2-5,10,13H,6-9,11-12H2,1H3. The summed E-state index contributed by atoms with van der Waals surface area (Å²) in [5.74, 6) is 2.97. The van der Waals surface area contributed by atoms with Crippen LogP contribution in [0.25, 0.3) is 0 Å². The highest BCUT2D eigenvalue weighted by molar-refractivity contribution is 7.09. The van der Waals surface area contributed by atoms with Crippen LogP contribution in [0.3, 0.4) is 0 Å². The van der Waals surface area contributed by atoms with Crippen LogP contribution in [0.1, 0.15) is 22.8 Å². The SMILES string of the molecule is CN(CCc1cccs1)CC1CCOc2c1ccc1c2OCO1. The highest BCUT2D eigenvalue weighted by Crippen LogP contribution is 2.48. The van der Waals surface area contributed by atoms with E-state index in [1.165, 1.54) is 10.4 Å². The summed E-state index contributed by atoms with van der Waals surface area (Å²) in [7, 11) is 2.20. The second kappa shape index (κ2) is 6.42. The van der Waals surface area contributed by atoms with Crippen LogP contribution in [-0.4, -0.2) is 38.4 Å². The van der Waals surface area contributed by atoms with Crippen LogP contribution in [0.2, 0.25) is 0 Å². The maximum atomic E-state index is 5.88. The van der Waals surface area contributed by atoms with Crippen molar-refractivity contribution in [3.05, 3.63) is 40.1 Å². The minimum absolute atomic E-state index is 0.292. The van der Waals surface area contributed by atoms with Gasteiger partial charge in [-0.05, 0) is 37.4 Å². The molecule has 122 valence electrons. The first-order chi connectivity index (χ1) is 11.3. The van der Waals surface area contributed by atoms with Gasteiger partial charge in [0.15, 0.2) is 11.5 Å². The second-order valence-corrected chi connectivity index (χ2v) is 7.18. The van der Waals surface area contributed by atoms with Crippen molar-refractivity contribution in [1.82, 2.24) is 4.90 Å². The summed E-state index contributed by atoms with van der Waals surface area (Å²) in [5.41, 5.74) is 1.25. The van der Waals surface area contributed by atoms with Gasteiger partial charge in [-0.2, -0.15) is 0 Å². The average molecular weight is 331 g/mol. The first kappa shape index (κ1) is 14.8. The van der Waals surface area contributed by atoms with Gasteiger partial charge in [0, 0.05) is 29.4 Å². The minimum Gasteiger partial charge on any atom is -0.489 e. The topological polar surface area (TPSA) is 30.9 Å². The Balaban J connectivity index is 1.44. The average Bonchev–Trinajstić information content (AvgIpc) is 3.24. The summed E-state index contributed by atoms with van der Waals surface area (Å²) in [6.45, 7) is 3.16. The largest absolute Gasteiger partial charge is 0.489 e. The van der Waals surface area contributed by atoms with Crippen LogP contribution in [0.15, 0.2) is 29.6 Å². The van der Waals surface area contributed by atoms with E-state index in [9.17, 15) is 0 Å². The molecule has 0 aliphatic carbocycles. The van der Waals surface area contributed by atoms with Crippen molar-refractivity contribution in [3.8, 4) is 17.2 Å². The molecule has 1 unspecified atom stereocenters. The quantitative estimate of drug-likeness (QED) is 0.839. The van der Waals surface area contributed by atoms with Crippen molar-refractivity contribution in [2.45, 2.75) is 18.8 Å². The molecule has 0 saturated heterocycles. The van der Waals surface area contributed by atoms with E-state index in [0.29, 0.717) is 12.7 Å². The van der Waals surface area contributed by atoms with E-state index >= 15 is 0 Å². The fraction of sp³-hybridized carbons (Fsp3) is 0.444. The predicted molar refractivity (Wildman–Crippen MR) is 90.9 cm³/mol. The molecule has 2 aliphatic rings. The summed E-state index contributed by atoms with van der Waals surface area (Å²) in [6, 6.07) is 8.48. The molecule has 0 amide bonds. The highest BCUT2D eigenvalue weighted by atomic mass is 32.1. The third-order valence-corrected chi connectivity index (χ3v) is 5.46. The molecule has 0 radical (unpaired) electrons. The number of likely N-dealkylation sites (N-methyl/N-ethyl adjacent to an activating group) is 1. The molecular formula is C18H21NO3S. The fourth-order valence-corrected chi connectivity index (χ4v) is 4.00. The molecular weight excluding hydrogens is 310 g/mol. The van der Waals surface area contributed by atoms with E-state index in [4.69, 9.17) is 14.2 Å². The van der Waals surface area contributed by atoms with Crippen molar-refractivity contribution < 1.29 is 14.2 Å². The Hall–Kier alpha value is -1.72. The molecule has 2 aliphatic heterocycles. The summed E-state index contributed by atoms with van der Waals surface area (Å²) < 4.78 is 16.9. The lowest BCUT2D eigenvalue weighted by Gasteiger charge is -2.30. The highest BCUT2D eigenvalue weighted by Gasteiger charge is 2.29. The number of fused-ring (bicyclic) bond motifs is 3. The number of nitrogens with zero attached hydrogens (tertiary/aromatic N) is 1. The van der Waals surface area contributed by atoms with Crippen LogP contribution in [-0.2, 0) is 6.42 Å². The van der Waals surface area contributed by atoms with Crippen molar-refractivity contribution in [3.63, 3.8) is 0 Å². The molecule has 0 saturated carbocycles. The summed E-state index contributed by atoms with van der Waals surface area (Å²) in [5, 5.41) is 2.15. The molecule has 0 fully saturated rings. The number of ether oxygens (including phenoxy) is 3. The number of hydrogen-bond acceptors (Lipinski definition) is 5. The first-order valence-corrected chi connectivity index (χ1v) is 8.95. The van der Waals surface area contributed by atoms with Gasteiger partial charge in [-0.3, -0.25) is 0 Å². The Morgan fingerprint density at radius 3 is 3.00 bits per heavy atom. The molecule has 2 aromatic rings. The smallest absolute Gasteiger partial charge is 0.231 e. The Kier molecular flexibility index (Phi) is 4.14. The number of benzene rings is 1. The summed E-state index contributed by atoms with van der Waals surface area (Å²) in [6.07, 6.45) is 2.17. The van der Waals surface area contributed by atoms with E-state index in [2.05, 4.69) is 35.5 Å². The molecule has 1 aromatic heterocycles. The second-order valence-electron chi connectivity index (χ2n) is 6.14. The Morgan fingerprint density at radius 1 is 1.17 bits per heavy atom. The van der Waals surface area contributed by atoms with Gasteiger partial charge in [0.05, 0.1) is 6.61 Å². The van der Waals surface area contributed by atoms with Gasteiger partial charge in [-0.25, -0.2) is 0 Å². The molecule has 0 N–H and O–H groups in total. The molecule has 23 heavy (non-hydrogen) atoms. The van der Waals surface area contributed by atoms with Gasteiger partial charge in [0.1, 0.15) is 0 Å².